The number of rotatable bonds is 4. The monoisotopic (exact) mass is 270 g/mol. The maximum absolute atomic E-state index is 12.0. The van der Waals surface area contributed by atoms with E-state index in [1.165, 1.54) is 12.8 Å². The number of carbonyl (C=O) groups is 1. The molecule has 0 aromatic heterocycles. The third kappa shape index (κ3) is 2.69. The van der Waals surface area contributed by atoms with E-state index in [4.69, 9.17) is 0 Å². The van der Waals surface area contributed by atoms with Gasteiger partial charge in [0.15, 0.2) is 0 Å². The maximum atomic E-state index is 12.0. The highest BCUT2D eigenvalue weighted by Crippen LogP contribution is 2.62. The molecule has 2 aliphatic rings. The van der Waals surface area contributed by atoms with Gasteiger partial charge in [-0.25, -0.2) is 0 Å². The van der Waals surface area contributed by atoms with Crippen LogP contribution in [-0.4, -0.2) is 36.0 Å². The van der Waals surface area contributed by atoms with Gasteiger partial charge in [-0.2, -0.15) is 0 Å². The Hall–Kier alpha value is -0.220. The zero-order chi connectivity index (χ0) is 13.4. The summed E-state index contributed by atoms with van der Waals surface area (Å²) in [5.74, 6) is 0.829. The minimum Gasteiger partial charge on any atom is -0.352 e. The molecule has 1 heterocycles. The molecule has 0 radical (unpaired) electrons. The van der Waals surface area contributed by atoms with Crippen molar-refractivity contribution in [3.63, 3.8) is 0 Å². The van der Waals surface area contributed by atoms with E-state index in [2.05, 4.69) is 38.3 Å². The number of piperidine rings is 1. The molecule has 1 saturated carbocycles. The second-order valence-electron chi connectivity index (χ2n) is 6.70. The molecule has 104 valence electrons. The van der Waals surface area contributed by atoms with E-state index < -0.39 is 0 Å². The van der Waals surface area contributed by atoms with E-state index >= 15 is 0 Å². The van der Waals surface area contributed by atoms with E-state index in [0.717, 1.165) is 13.1 Å². The number of hydrogen-bond donors (Lipinski definition) is 2. The Morgan fingerprint density at radius 1 is 1.22 bits per heavy atom. The summed E-state index contributed by atoms with van der Waals surface area (Å²) in [5, 5.41) is 7.21. The van der Waals surface area contributed by atoms with Crippen LogP contribution in [0.4, 0.5) is 0 Å². The fourth-order valence-corrected chi connectivity index (χ4v) is 3.95. The van der Waals surface area contributed by atoms with Crippen LogP contribution >= 0.6 is 11.8 Å². The zero-order valence-corrected chi connectivity index (χ0v) is 12.8. The highest BCUT2D eigenvalue weighted by atomic mass is 32.2. The number of amides is 1. The summed E-state index contributed by atoms with van der Waals surface area (Å²) >= 11 is 1.82. The molecule has 1 aliphatic carbocycles. The molecule has 0 unspecified atom stereocenters. The lowest BCUT2D eigenvalue weighted by atomic mass is 10.0. The van der Waals surface area contributed by atoms with E-state index in [-0.39, 0.29) is 16.7 Å². The molecular formula is C14H26N2OS. The van der Waals surface area contributed by atoms with Crippen molar-refractivity contribution in [2.75, 3.05) is 18.8 Å². The molecule has 1 amide bonds. The van der Waals surface area contributed by atoms with Crippen LogP contribution in [0.2, 0.25) is 0 Å². The highest BCUT2D eigenvalue weighted by molar-refractivity contribution is 8.00. The third-order valence-corrected chi connectivity index (χ3v) is 6.43. The Bertz CT molecular complexity index is 308. The molecule has 2 rings (SSSR count). The first-order valence-corrected chi connectivity index (χ1v) is 8.02. The van der Waals surface area contributed by atoms with Gasteiger partial charge in [-0.05, 0) is 36.8 Å². The summed E-state index contributed by atoms with van der Waals surface area (Å²) in [5.41, 5.74) is 0.476. The molecule has 2 fully saturated rings. The smallest absolute Gasteiger partial charge is 0.230 e. The zero-order valence-electron chi connectivity index (χ0n) is 12.0. The summed E-state index contributed by atoms with van der Waals surface area (Å²) in [6.45, 7) is 11.1. The van der Waals surface area contributed by atoms with Gasteiger partial charge in [-0.1, -0.05) is 27.7 Å². The van der Waals surface area contributed by atoms with Crippen molar-refractivity contribution in [2.45, 2.75) is 51.8 Å². The molecule has 0 aromatic rings. The van der Waals surface area contributed by atoms with Crippen LogP contribution < -0.4 is 10.6 Å². The lowest BCUT2D eigenvalue weighted by Gasteiger charge is -2.21. The van der Waals surface area contributed by atoms with Crippen molar-refractivity contribution in [1.29, 1.82) is 0 Å². The molecule has 4 heteroatoms. The Labute approximate surface area is 115 Å². The number of nitrogens with one attached hydrogen (secondary N) is 2. The van der Waals surface area contributed by atoms with Crippen molar-refractivity contribution in [2.24, 2.45) is 10.8 Å². The SMILES string of the molecule is CC1(C)C(NC(=O)CSC2CCNCC2)C1(C)C. The average Bonchev–Trinajstić information content (AvgIpc) is 2.70. The quantitative estimate of drug-likeness (QED) is 0.821. The predicted octanol–water partition coefficient (Wildman–Crippen LogP) is 2.02. The van der Waals surface area contributed by atoms with Crippen molar-refractivity contribution in [1.82, 2.24) is 10.6 Å². The second kappa shape index (κ2) is 5.04. The highest BCUT2D eigenvalue weighted by Gasteiger charge is 2.65. The van der Waals surface area contributed by atoms with Crippen LogP contribution in [0.1, 0.15) is 40.5 Å². The van der Waals surface area contributed by atoms with Gasteiger partial charge in [0.25, 0.3) is 0 Å². The summed E-state index contributed by atoms with van der Waals surface area (Å²) in [7, 11) is 0. The van der Waals surface area contributed by atoms with Crippen LogP contribution in [0.5, 0.6) is 0 Å². The summed E-state index contributed by atoms with van der Waals surface area (Å²) < 4.78 is 0. The molecule has 2 N–H and O–H groups in total. The van der Waals surface area contributed by atoms with Crippen LogP contribution in [-0.2, 0) is 4.79 Å². The van der Waals surface area contributed by atoms with Gasteiger partial charge in [-0.3, -0.25) is 4.79 Å². The lowest BCUT2D eigenvalue weighted by Crippen LogP contribution is -2.33. The molecule has 0 aromatic carbocycles. The van der Waals surface area contributed by atoms with Gasteiger partial charge >= 0.3 is 0 Å². The second-order valence-corrected chi connectivity index (χ2v) is 7.99. The summed E-state index contributed by atoms with van der Waals surface area (Å²) in [4.78, 5) is 12.0. The molecule has 1 saturated heterocycles. The van der Waals surface area contributed by atoms with Crippen molar-refractivity contribution in [3.8, 4) is 0 Å². The maximum Gasteiger partial charge on any atom is 0.230 e. The first kappa shape index (κ1) is 14.2. The van der Waals surface area contributed by atoms with Crippen molar-refractivity contribution >= 4 is 17.7 Å². The van der Waals surface area contributed by atoms with E-state index in [1.54, 1.807) is 0 Å². The molecule has 0 atom stereocenters. The fourth-order valence-electron chi connectivity index (χ4n) is 2.92. The predicted molar refractivity (Wildman–Crippen MR) is 77.8 cm³/mol. The topological polar surface area (TPSA) is 41.1 Å². The minimum absolute atomic E-state index is 0.210. The van der Waals surface area contributed by atoms with E-state index in [9.17, 15) is 4.79 Å². The average molecular weight is 270 g/mol. The Kier molecular flexibility index (Phi) is 3.98. The molecule has 1 aliphatic heterocycles. The van der Waals surface area contributed by atoms with Gasteiger partial charge in [0.1, 0.15) is 0 Å². The third-order valence-electron chi connectivity index (χ3n) is 5.06. The Balaban J connectivity index is 1.70. The van der Waals surface area contributed by atoms with Crippen molar-refractivity contribution in [3.05, 3.63) is 0 Å². The van der Waals surface area contributed by atoms with Gasteiger partial charge < -0.3 is 10.6 Å². The minimum atomic E-state index is 0.210. The van der Waals surface area contributed by atoms with Crippen molar-refractivity contribution < 1.29 is 4.79 Å². The Morgan fingerprint density at radius 2 is 1.78 bits per heavy atom. The summed E-state index contributed by atoms with van der Waals surface area (Å²) in [6.07, 6.45) is 2.39. The van der Waals surface area contributed by atoms with Crippen LogP contribution in [0.25, 0.3) is 0 Å². The van der Waals surface area contributed by atoms with Gasteiger partial charge in [0.2, 0.25) is 5.91 Å². The number of hydrogen-bond acceptors (Lipinski definition) is 3. The first-order valence-electron chi connectivity index (χ1n) is 6.97. The molecule has 0 bridgehead atoms. The number of thioether (sulfide) groups is 1. The Morgan fingerprint density at radius 3 is 2.28 bits per heavy atom. The van der Waals surface area contributed by atoms with Gasteiger partial charge in [0, 0.05) is 11.3 Å². The molecule has 0 spiro atoms. The molecule has 18 heavy (non-hydrogen) atoms. The van der Waals surface area contributed by atoms with Crippen LogP contribution in [0, 0.1) is 10.8 Å². The van der Waals surface area contributed by atoms with Crippen LogP contribution in [0.15, 0.2) is 0 Å². The van der Waals surface area contributed by atoms with Gasteiger partial charge in [-0.15, -0.1) is 11.8 Å². The number of carbonyl (C=O) groups excluding carboxylic acids is 1. The van der Waals surface area contributed by atoms with E-state index in [1.807, 2.05) is 11.8 Å². The standard InChI is InChI=1S/C14H26N2OS/c1-13(2)12(14(13,3)4)16-11(17)9-18-10-5-7-15-8-6-10/h10,12,15H,5-9H2,1-4H3,(H,16,17). The molecular weight excluding hydrogens is 244 g/mol. The van der Waals surface area contributed by atoms with E-state index in [0.29, 0.717) is 17.0 Å². The fraction of sp³-hybridized carbons (Fsp3) is 0.929. The van der Waals surface area contributed by atoms with Gasteiger partial charge in [0.05, 0.1) is 5.75 Å². The molecule has 3 nitrogen and oxygen atoms in total. The van der Waals surface area contributed by atoms with Crippen LogP contribution in [0.3, 0.4) is 0 Å². The lowest BCUT2D eigenvalue weighted by molar-refractivity contribution is -0.119. The summed E-state index contributed by atoms with van der Waals surface area (Å²) in [6, 6.07) is 0.339. The normalized spacial score (nSPS) is 26.9. The largest absolute Gasteiger partial charge is 0.352 e. The first-order chi connectivity index (χ1) is 8.35.